The highest BCUT2D eigenvalue weighted by atomic mass is 14.9. The van der Waals surface area contributed by atoms with E-state index in [1.54, 1.807) is 6.33 Å². The fourth-order valence-corrected chi connectivity index (χ4v) is 1.53. The molecule has 1 aromatic rings. The second kappa shape index (κ2) is 6.60. The predicted octanol–water partition coefficient (Wildman–Crippen LogP) is 1.98. The minimum atomic E-state index is 0.830. The number of hydrogen-bond acceptors (Lipinski definition) is 2. The Morgan fingerprint density at radius 3 is 2.79 bits per heavy atom. The van der Waals surface area contributed by atoms with Crippen molar-refractivity contribution >= 4 is 0 Å². The lowest BCUT2D eigenvalue weighted by molar-refractivity contribution is 0.451. The van der Waals surface area contributed by atoms with Crippen LogP contribution in [0.5, 0.6) is 0 Å². The van der Waals surface area contributed by atoms with Gasteiger partial charge in [-0.1, -0.05) is 26.7 Å². The summed E-state index contributed by atoms with van der Waals surface area (Å²) in [6.07, 6.45) is 7.20. The number of aromatic nitrogens is 2. The Bertz CT molecular complexity index is 214. The van der Waals surface area contributed by atoms with E-state index in [1.165, 1.54) is 18.5 Å². The Kier molecular flexibility index (Phi) is 5.30. The lowest BCUT2D eigenvalue weighted by atomic mass is 10.0. The normalized spacial score (nSPS) is 11.1. The lowest BCUT2D eigenvalue weighted by Gasteiger charge is -2.12. The van der Waals surface area contributed by atoms with Crippen molar-refractivity contribution in [1.29, 1.82) is 0 Å². The molecule has 3 nitrogen and oxygen atoms in total. The summed E-state index contributed by atoms with van der Waals surface area (Å²) in [5, 5.41) is 3.48. The van der Waals surface area contributed by atoms with Gasteiger partial charge in [-0.25, -0.2) is 4.98 Å². The predicted molar refractivity (Wildman–Crippen MR) is 59.2 cm³/mol. The number of imidazole rings is 1. The summed E-state index contributed by atoms with van der Waals surface area (Å²) in [5.41, 5.74) is 1.21. The number of rotatable bonds is 7. The molecule has 0 aromatic carbocycles. The highest BCUT2D eigenvalue weighted by Gasteiger charge is 2.01. The van der Waals surface area contributed by atoms with Crippen LogP contribution < -0.4 is 5.32 Å². The molecule has 0 spiro atoms. The van der Waals surface area contributed by atoms with E-state index in [-0.39, 0.29) is 0 Å². The van der Waals surface area contributed by atoms with E-state index in [1.807, 2.05) is 6.20 Å². The number of nitrogens with one attached hydrogen (secondary N) is 2. The molecule has 1 aromatic heterocycles. The lowest BCUT2D eigenvalue weighted by Crippen LogP contribution is -2.24. The van der Waals surface area contributed by atoms with Crippen molar-refractivity contribution < 1.29 is 0 Å². The molecule has 0 atom stereocenters. The van der Waals surface area contributed by atoms with Crippen molar-refractivity contribution in [3.8, 4) is 0 Å². The van der Waals surface area contributed by atoms with E-state index < -0.39 is 0 Å². The Hall–Kier alpha value is -0.830. The van der Waals surface area contributed by atoms with E-state index in [4.69, 9.17) is 0 Å². The maximum absolute atomic E-state index is 3.99. The molecule has 1 heterocycles. The summed E-state index contributed by atoms with van der Waals surface area (Å²) >= 11 is 0. The van der Waals surface area contributed by atoms with Gasteiger partial charge in [-0.15, -0.1) is 0 Å². The van der Waals surface area contributed by atoms with Crippen LogP contribution in [0.4, 0.5) is 0 Å². The van der Waals surface area contributed by atoms with Crippen LogP contribution >= 0.6 is 0 Å². The van der Waals surface area contributed by atoms with Gasteiger partial charge in [-0.05, 0) is 12.5 Å². The average Bonchev–Trinajstić information content (AvgIpc) is 2.71. The van der Waals surface area contributed by atoms with Crippen molar-refractivity contribution in [1.82, 2.24) is 15.3 Å². The van der Waals surface area contributed by atoms with Gasteiger partial charge in [0.25, 0.3) is 0 Å². The van der Waals surface area contributed by atoms with Crippen LogP contribution in [0, 0.1) is 5.92 Å². The second-order valence-corrected chi connectivity index (χ2v) is 3.71. The number of aromatic amines is 1. The molecule has 0 saturated heterocycles. The maximum Gasteiger partial charge on any atom is 0.0921 e. The van der Waals surface area contributed by atoms with Gasteiger partial charge in [0.2, 0.25) is 0 Å². The molecular weight excluding hydrogens is 174 g/mol. The molecule has 0 amide bonds. The molecule has 0 radical (unpaired) electrons. The van der Waals surface area contributed by atoms with Crippen molar-refractivity contribution in [3.05, 3.63) is 18.2 Å². The number of nitrogens with zero attached hydrogens (tertiary/aromatic N) is 1. The highest BCUT2D eigenvalue weighted by molar-refractivity contribution is 4.94. The Balaban J connectivity index is 2.04. The molecule has 14 heavy (non-hydrogen) atoms. The van der Waals surface area contributed by atoms with Crippen molar-refractivity contribution in [3.63, 3.8) is 0 Å². The van der Waals surface area contributed by atoms with Crippen LogP contribution in [0.25, 0.3) is 0 Å². The SMILES string of the molecule is CCC(CC)CNCCc1cnc[nH]1. The van der Waals surface area contributed by atoms with Gasteiger partial charge in [0.1, 0.15) is 0 Å². The van der Waals surface area contributed by atoms with Crippen LogP contribution in [0.1, 0.15) is 32.4 Å². The maximum atomic E-state index is 3.99. The number of hydrogen-bond donors (Lipinski definition) is 2. The van der Waals surface area contributed by atoms with Crippen LogP contribution in [-0.4, -0.2) is 23.1 Å². The summed E-state index contributed by atoms with van der Waals surface area (Å²) < 4.78 is 0. The molecular formula is C11H21N3. The fraction of sp³-hybridized carbons (Fsp3) is 0.727. The van der Waals surface area contributed by atoms with Crippen LogP contribution in [0.3, 0.4) is 0 Å². The zero-order valence-corrected chi connectivity index (χ0v) is 9.21. The van der Waals surface area contributed by atoms with Crippen molar-refractivity contribution in [2.24, 2.45) is 5.92 Å². The first-order valence-electron chi connectivity index (χ1n) is 5.54. The smallest absolute Gasteiger partial charge is 0.0921 e. The van der Waals surface area contributed by atoms with Crippen LogP contribution in [0.15, 0.2) is 12.5 Å². The molecule has 0 fully saturated rings. The van der Waals surface area contributed by atoms with E-state index >= 15 is 0 Å². The molecule has 0 bridgehead atoms. The van der Waals surface area contributed by atoms with Crippen molar-refractivity contribution in [2.45, 2.75) is 33.1 Å². The highest BCUT2D eigenvalue weighted by Crippen LogP contribution is 2.04. The molecule has 80 valence electrons. The van der Waals surface area contributed by atoms with Gasteiger partial charge in [0.05, 0.1) is 6.33 Å². The first-order chi connectivity index (χ1) is 6.86. The zero-order valence-electron chi connectivity index (χ0n) is 9.21. The van der Waals surface area contributed by atoms with E-state index in [0.717, 1.165) is 25.4 Å². The largest absolute Gasteiger partial charge is 0.348 e. The molecule has 0 saturated carbocycles. The summed E-state index contributed by atoms with van der Waals surface area (Å²) in [4.78, 5) is 7.09. The van der Waals surface area contributed by atoms with Gasteiger partial charge in [-0.2, -0.15) is 0 Å². The standard InChI is InChI=1S/C11H21N3/c1-3-10(4-2)7-12-6-5-11-8-13-9-14-11/h8-10,12H,3-7H2,1-2H3,(H,13,14). The van der Waals surface area contributed by atoms with Gasteiger partial charge in [-0.3, -0.25) is 0 Å². The quantitative estimate of drug-likeness (QED) is 0.653. The summed E-state index contributed by atoms with van der Waals surface area (Å²) in [6, 6.07) is 0. The third-order valence-electron chi connectivity index (χ3n) is 2.71. The molecule has 0 aliphatic rings. The summed E-state index contributed by atoms with van der Waals surface area (Å²) in [5.74, 6) is 0.830. The molecule has 3 heteroatoms. The zero-order chi connectivity index (χ0) is 10.2. The van der Waals surface area contributed by atoms with Crippen molar-refractivity contribution in [2.75, 3.05) is 13.1 Å². The minimum absolute atomic E-state index is 0.830. The van der Waals surface area contributed by atoms with Crippen LogP contribution in [0.2, 0.25) is 0 Å². The van der Waals surface area contributed by atoms with E-state index in [9.17, 15) is 0 Å². The van der Waals surface area contributed by atoms with E-state index in [0.29, 0.717) is 0 Å². The molecule has 0 aliphatic heterocycles. The van der Waals surface area contributed by atoms with Crippen LogP contribution in [-0.2, 0) is 6.42 Å². The van der Waals surface area contributed by atoms with Gasteiger partial charge < -0.3 is 10.3 Å². The third-order valence-corrected chi connectivity index (χ3v) is 2.71. The monoisotopic (exact) mass is 195 g/mol. The molecule has 1 rings (SSSR count). The Morgan fingerprint density at radius 2 is 2.21 bits per heavy atom. The third kappa shape index (κ3) is 3.92. The Morgan fingerprint density at radius 1 is 1.43 bits per heavy atom. The molecule has 0 aliphatic carbocycles. The summed E-state index contributed by atoms with van der Waals surface area (Å²) in [7, 11) is 0. The molecule has 2 N–H and O–H groups in total. The topological polar surface area (TPSA) is 40.7 Å². The van der Waals surface area contributed by atoms with Gasteiger partial charge in [0, 0.05) is 24.9 Å². The van der Waals surface area contributed by atoms with Gasteiger partial charge >= 0.3 is 0 Å². The first-order valence-corrected chi connectivity index (χ1v) is 5.54. The average molecular weight is 195 g/mol. The second-order valence-electron chi connectivity index (χ2n) is 3.71. The first kappa shape index (κ1) is 11.2. The summed E-state index contributed by atoms with van der Waals surface area (Å²) in [6.45, 7) is 6.69. The number of H-pyrrole nitrogens is 1. The molecule has 0 unspecified atom stereocenters. The minimum Gasteiger partial charge on any atom is -0.348 e. The fourth-order valence-electron chi connectivity index (χ4n) is 1.53. The van der Waals surface area contributed by atoms with Gasteiger partial charge in [0.15, 0.2) is 0 Å². The Labute approximate surface area is 86.3 Å². The van der Waals surface area contributed by atoms with E-state index in [2.05, 4.69) is 29.1 Å².